The van der Waals surface area contributed by atoms with E-state index in [1.165, 1.54) is 10.4 Å². The molecule has 2 rings (SSSR count). The first-order valence-corrected chi connectivity index (χ1v) is 12.1. The maximum Gasteiger partial charge on any atom is 0.407 e. The summed E-state index contributed by atoms with van der Waals surface area (Å²) >= 11 is 0. The molecule has 0 N–H and O–H groups in total. The molecule has 0 aliphatic carbocycles. The van der Waals surface area contributed by atoms with E-state index in [-0.39, 0.29) is 12.2 Å². The van der Waals surface area contributed by atoms with Gasteiger partial charge in [0.2, 0.25) is 0 Å². The van der Waals surface area contributed by atoms with Crippen LogP contribution in [0.1, 0.15) is 54.4 Å². The van der Waals surface area contributed by atoms with Crippen LogP contribution in [-0.4, -0.2) is 20.8 Å². The van der Waals surface area contributed by atoms with Crippen LogP contribution in [-0.2, 0) is 8.85 Å². The summed E-state index contributed by atoms with van der Waals surface area (Å²) in [5, 5.41) is 2.37. The van der Waals surface area contributed by atoms with E-state index in [1.807, 2.05) is 0 Å². The molecule has 27 heavy (non-hydrogen) atoms. The largest absolute Gasteiger partial charge is 0.407 e. The first kappa shape index (κ1) is 21.9. The third-order valence-corrected chi connectivity index (χ3v) is 8.17. The summed E-state index contributed by atoms with van der Waals surface area (Å²) in [5.74, 6) is 1.18. The number of benzene rings is 2. The van der Waals surface area contributed by atoms with Crippen LogP contribution in [0.3, 0.4) is 0 Å². The Kier molecular flexibility index (Phi) is 8.27. The third kappa shape index (κ3) is 6.30. The van der Waals surface area contributed by atoms with E-state index in [1.54, 1.807) is 0 Å². The van der Waals surface area contributed by atoms with Crippen molar-refractivity contribution in [3.63, 3.8) is 0 Å². The first-order chi connectivity index (χ1) is 12.8. The molecule has 0 aliphatic rings. The van der Waals surface area contributed by atoms with Crippen molar-refractivity contribution < 1.29 is 8.85 Å². The minimum atomic E-state index is -2.81. The molecular weight excluding hydrogens is 348 g/mol. The Balaban J connectivity index is 2.55. The normalized spacial score (nSPS) is 12.5. The maximum atomic E-state index is 7.06. The van der Waals surface area contributed by atoms with Crippen LogP contribution in [0.4, 0.5) is 0 Å². The molecule has 2 nitrogen and oxygen atoms in total. The highest BCUT2D eigenvalue weighted by Gasteiger charge is 2.45. The summed E-state index contributed by atoms with van der Waals surface area (Å²) in [4.78, 5) is 0. The SMILES string of the molecule is CC(C)CC(CC(C)C)O[Si](OC(C)C)(c1ccccc1)c1ccccc1. The Bertz CT molecular complexity index is 603. The van der Waals surface area contributed by atoms with Crippen molar-refractivity contribution in [3.05, 3.63) is 60.7 Å². The molecule has 2 aromatic rings. The van der Waals surface area contributed by atoms with Crippen molar-refractivity contribution in [3.8, 4) is 0 Å². The van der Waals surface area contributed by atoms with Gasteiger partial charge in [-0.2, -0.15) is 0 Å². The second kappa shape index (κ2) is 10.2. The van der Waals surface area contributed by atoms with Gasteiger partial charge in [0.05, 0.1) is 0 Å². The van der Waals surface area contributed by atoms with Gasteiger partial charge in [0.25, 0.3) is 0 Å². The van der Waals surface area contributed by atoms with Gasteiger partial charge in [-0.05, 0) is 48.9 Å². The average Bonchev–Trinajstić information content (AvgIpc) is 2.61. The molecule has 0 heterocycles. The lowest BCUT2D eigenvalue weighted by Gasteiger charge is -2.37. The van der Waals surface area contributed by atoms with E-state index < -0.39 is 8.56 Å². The van der Waals surface area contributed by atoms with Crippen molar-refractivity contribution in [2.75, 3.05) is 0 Å². The first-order valence-electron chi connectivity index (χ1n) is 10.3. The van der Waals surface area contributed by atoms with Crippen LogP contribution in [0.2, 0.25) is 0 Å². The van der Waals surface area contributed by atoms with Crippen molar-refractivity contribution in [2.24, 2.45) is 11.8 Å². The molecule has 0 radical (unpaired) electrons. The predicted octanol–water partition coefficient (Wildman–Crippen LogP) is 5.15. The van der Waals surface area contributed by atoms with Gasteiger partial charge >= 0.3 is 8.56 Å². The fourth-order valence-electron chi connectivity index (χ4n) is 3.59. The molecule has 0 saturated heterocycles. The van der Waals surface area contributed by atoms with Gasteiger partial charge in [0, 0.05) is 12.2 Å². The lowest BCUT2D eigenvalue weighted by Crippen LogP contribution is -2.65. The monoisotopic (exact) mass is 384 g/mol. The standard InChI is InChI=1S/C24H36O2Si/c1-19(2)17-22(18-20(3)4)26-27(25-21(5)6,23-13-9-7-10-14-23)24-15-11-8-12-16-24/h7-16,19-22H,17-18H2,1-6H3. The molecule has 0 unspecified atom stereocenters. The van der Waals surface area contributed by atoms with Crippen LogP contribution < -0.4 is 10.4 Å². The zero-order chi connectivity index (χ0) is 19.9. The number of hydrogen-bond acceptors (Lipinski definition) is 2. The van der Waals surface area contributed by atoms with E-state index in [0.29, 0.717) is 11.8 Å². The lowest BCUT2D eigenvalue weighted by molar-refractivity contribution is 0.0832. The maximum absolute atomic E-state index is 7.06. The molecule has 0 amide bonds. The fourth-order valence-corrected chi connectivity index (χ4v) is 7.11. The van der Waals surface area contributed by atoms with Gasteiger partial charge in [-0.25, -0.2) is 0 Å². The average molecular weight is 385 g/mol. The summed E-state index contributed by atoms with van der Waals surface area (Å²) in [5.41, 5.74) is 0. The van der Waals surface area contributed by atoms with Crippen LogP contribution in [0.15, 0.2) is 60.7 Å². The molecule has 148 valence electrons. The van der Waals surface area contributed by atoms with Gasteiger partial charge in [0.15, 0.2) is 0 Å². The number of rotatable bonds is 10. The van der Waals surface area contributed by atoms with Gasteiger partial charge in [-0.3, -0.25) is 0 Å². The molecular formula is C24H36O2Si. The lowest BCUT2D eigenvalue weighted by atomic mass is 9.98. The zero-order valence-corrected chi connectivity index (χ0v) is 18.8. The van der Waals surface area contributed by atoms with Crippen molar-refractivity contribution in [2.45, 2.75) is 66.6 Å². The van der Waals surface area contributed by atoms with Gasteiger partial charge < -0.3 is 8.85 Å². The van der Waals surface area contributed by atoms with Gasteiger partial charge in [0.1, 0.15) is 0 Å². The Morgan fingerprint density at radius 1 is 0.630 bits per heavy atom. The second-order valence-corrected chi connectivity index (χ2v) is 11.4. The summed E-state index contributed by atoms with van der Waals surface area (Å²) in [7, 11) is -2.81. The minimum Gasteiger partial charge on any atom is -0.385 e. The molecule has 0 spiro atoms. The van der Waals surface area contributed by atoms with Crippen molar-refractivity contribution in [1.82, 2.24) is 0 Å². The highest BCUT2D eigenvalue weighted by molar-refractivity contribution is 6.92. The Hall–Kier alpha value is -1.42. The molecule has 3 heteroatoms. The second-order valence-electron chi connectivity index (χ2n) is 8.51. The third-order valence-electron chi connectivity index (χ3n) is 4.51. The molecule has 0 fully saturated rings. The quantitative estimate of drug-likeness (QED) is 0.528. The number of hydrogen-bond donors (Lipinski definition) is 0. The van der Waals surface area contributed by atoms with Crippen molar-refractivity contribution >= 4 is 18.9 Å². The van der Waals surface area contributed by atoms with E-state index in [2.05, 4.69) is 102 Å². The molecule has 0 aliphatic heterocycles. The summed E-state index contributed by atoms with van der Waals surface area (Å²) in [6.07, 6.45) is 2.38. The van der Waals surface area contributed by atoms with E-state index in [9.17, 15) is 0 Å². The van der Waals surface area contributed by atoms with Crippen LogP contribution in [0.25, 0.3) is 0 Å². The zero-order valence-electron chi connectivity index (χ0n) is 17.8. The van der Waals surface area contributed by atoms with Gasteiger partial charge in [-0.15, -0.1) is 0 Å². The smallest absolute Gasteiger partial charge is 0.385 e. The molecule has 0 aromatic heterocycles. The highest BCUT2D eigenvalue weighted by Crippen LogP contribution is 2.23. The van der Waals surface area contributed by atoms with E-state index in [4.69, 9.17) is 8.85 Å². The summed E-state index contributed by atoms with van der Waals surface area (Å²) < 4.78 is 13.8. The predicted molar refractivity (Wildman–Crippen MR) is 118 cm³/mol. The molecule has 0 atom stereocenters. The molecule has 0 bridgehead atoms. The van der Waals surface area contributed by atoms with Crippen LogP contribution in [0, 0.1) is 11.8 Å². The highest BCUT2D eigenvalue weighted by atomic mass is 28.4. The molecule has 2 aromatic carbocycles. The summed E-state index contributed by atoms with van der Waals surface area (Å²) in [6, 6.07) is 21.2. The Morgan fingerprint density at radius 2 is 1.04 bits per heavy atom. The Morgan fingerprint density at radius 3 is 1.37 bits per heavy atom. The van der Waals surface area contributed by atoms with Crippen molar-refractivity contribution in [1.29, 1.82) is 0 Å². The topological polar surface area (TPSA) is 18.5 Å². The minimum absolute atomic E-state index is 0.0934. The van der Waals surface area contributed by atoms with Crippen LogP contribution >= 0.6 is 0 Å². The fraction of sp³-hybridized carbons (Fsp3) is 0.500. The van der Waals surface area contributed by atoms with Crippen LogP contribution in [0.5, 0.6) is 0 Å². The van der Waals surface area contributed by atoms with Gasteiger partial charge in [-0.1, -0.05) is 88.4 Å². The Labute approximate surface area is 167 Å². The molecule has 0 saturated carbocycles. The van der Waals surface area contributed by atoms with E-state index >= 15 is 0 Å². The summed E-state index contributed by atoms with van der Waals surface area (Å²) in [6.45, 7) is 13.3. The van der Waals surface area contributed by atoms with E-state index in [0.717, 1.165) is 12.8 Å².